The summed E-state index contributed by atoms with van der Waals surface area (Å²) in [4.78, 5) is 19.5. The maximum absolute atomic E-state index is 13.5. The summed E-state index contributed by atoms with van der Waals surface area (Å²) in [6.07, 6.45) is 8.22. The van der Waals surface area contributed by atoms with Crippen LogP contribution in [0.3, 0.4) is 0 Å². The molecule has 0 unspecified atom stereocenters. The molecule has 9 nitrogen and oxygen atoms in total. The third-order valence-electron chi connectivity index (χ3n) is 4.68. The average molecular weight is 406 g/mol. The molecule has 5 rings (SSSR count). The topological polar surface area (TPSA) is 92.5 Å². The zero-order chi connectivity index (χ0) is 20.3. The molecule has 0 atom stereocenters. The Balaban J connectivity index is 1.47. The maximum Gasteiger partial charge on any atom is 0.231 e. The maximum atomic E-state index is 13.5. The molecule has 0 radical (unpaired) electrons. The van der Waals surface area contributed by atoms with Crippen molar-refractivity contribution in [2.24, 2.45) is 0 Å². The number of pyridine rings is 2. The van der Waals surface area contributed by atoms with Crippen LogP contribution in [-0.2, 0) is 4.74 Å². The number of hydrogen-bond acceptors (Lipinski definition) is 8. The highest BCUT2D eigenvalue weighted by Gasteiger charge is 2.16. The van der Waals surface area contributed by atoms with Gasteiger partial charge in [0.05, 0.1) is 31.3 Å². The highest BCUT2D eigenvalue weighted by atomic mass is 19.1. The minimum absolute atomic E-state index is 0.343. The van der Waals surface area contributed by atoms with Crippen LogP contribution in [0.15, 0.2) is 55.2 Å². The smallest absolute Gasteiger partial charge is 0.231 e. The van der Waals surface area contributed by atoms with Gasteiger partial charge < -0.3 is 24.7 Å². The van der Waals surface area contributed by atoms with E-state index in [0.717, 1.165) is 36.4 Å². The number of halogens is 1. The first-order valence-corrected chi connectivity index (χ1v) is 9.52. The van der Waals surface area contributed by atoms with Gasteiger partial charge in [0, 0.05) is 55.6 Å². The first kappa shape index (κ1) is 18.3. The second-order valence-corrected chi connectivity index (χ2v) is 6.78. The van der Waals surface area contributed by atoms with Crippen LogP contribution in [0.25, 0.3) is 5.65 Å². The van der Waals surface area contributed by atoms with E-state index in [1.165, 1.54) is 12.3 Å². The summed E-state index contributed by atoms with van der Waals surface area (Å²) in [5.41, 5.74) is 2.14. The van der Waals surface area contributed by atoms with Gasteiger partial charge in [0.1, 0.15) is 23.1 Å². The fourth-order valence-corrected chi connectivity index (χ4v) is 3.25. The molecule has 0 aliphatic carbocycles. The van der Waals surface area contributed by atoms with Crippen LogP contribution < -0.4 is 15.5 Å². The predicted octanol–water partition coefficient (Wildman–Crippen LogP) is 2.98. The molecule has 0 bridgehead atoms. The molecule has 1 aliphatic heterocycles. The first-order valence-electron chi connectivity index (χ1n) is 9.52. The lowest BCUT2D eigenvalue weighted by Gasteiger charge is -2.28. The molecule has 10 heteroatoms. The largest absolute Gasteiger partial charge is 0.378 e. The summed E-state index contributed by atoms with van der Waals surface area (Å²) in [6.45, 7) is 2.74. The lowest BCUT2D eigenvalue weighted by molar-refractivity contribution is 0.122. The van der Waals surface area contributed by atoms with Crippen molar-refractivity contribution in [2.45, 2.75) is 0 Å². The minimum Gasteiger partial charge on any atom is -0.378 e. The van der Waals surface area contributed by atoms with Crippen molar-refractivity contribution in [1.82, 2.24) is 24.3 Å². The first-order chi connectivity index (χ1) is 14.7. The number of anilines is 5. The molecule has 0 saturated carbocycles. The molecule has 0 spiro atoms. The Labute approximate surface area is 171 Å². The van der Waals surface area contributed by atoms with Crippen molar-refractivity contribution in [3.63, 3.8) is 0 Å². The van der Waals surface area contributed by atoms with Crippen molar-refractivity contribution in [2.75, 3.05) is 41.8 Å². The van der Waals surface area contributed by atoms with E-state index in [2.05, 4.69) is 35.5 Å². The summed E-state index contributed by atoms with van der Waals surface area (Å²) in [5.74, 6) is 1.27. The van der Waals surface area contributed by atoms with E-state index in [0.29, 0.717) is 30.7 Å². The number of hydrogen-bond donors (Lipinski definition) is 2. The van der Waals surface area contributed by atoms with E-state index in [1.807, 2.05) is 35.0 Å². The van der Waals surface area contributed by atoms with Crippen LogP contribution in [0.2, 0.25) is 0 Å². The van der Waals surface area contributed by atoms with E-state index in [-0.39, 0.29) is 0 Å². The number of rotatable bonds is 5. The van der Waals surface area contributed by atoms with E-state index in [1.54, 1.807) is 6.20 Å². The molecule has 1 fully saturated rings. The molecular formula is C20H19FN8O. The molecule has 5 heterocycles. The Morgan fingerprint density at radius 3 is 2.73 bits per heavy atom. The molecule has 1 saturated heterocycles. The number of ether oxygens (including phenoxy) is 1. The van der Waals surface area contributed by atoms with Gasteiger partial charge in [-0.2, -0.15) is 9.97 Å². The summed E-state index contributed by atoms with van der Waals surface area (Å²) in [5, 5.41) is 6.35. The Bertz CT molecular complexity index is 1170. The van der Waals surface area contributed by atoms with Gasteiger partial charge in [-0.3, -0.25) is 4.98 Å². The van der Waals surface area contributed by atoms with Crippen LogP contribution in [0, 0.1) is 5.82 Å². The molecule has 4 aromatic heterocycles. The van der Waals surface area contributed by atoms with Crippen molar-refractivity contribution in [1.29, 1.82) is 0 Å². The minimum atomic E-state index is -0.435. The summed E-state index contributed by atoms with van der Waals surface area (Å²) < 4.78 is 20.9. The molecule has 2 N–H and O–H groups in total. The lowest BCUT2D eigenvalue weighted by Crippen LogP contribution is -2.36. The van der Waals surface area contributed by atoms with E-state index < -0.39 is 5.82 Å². The van der Waals surface area contributed by atoms with Crippen molar-refractivity contribution >= 4 is 34.6 Å². The van der Waals surface area contributed by atoms with Crippen molar-refractivity contribution in [3.05, 3.63) is 61.1 Å². The standard InChI is InChI=1S/C20H19FN8O/c21-14-9-16(13-22-12-14)25-20-26-17(11-19(27-20)29-5-7-30-8-6-29)24-15-1-3-28-4-2-23-18(28)10-15/h1-4,9-13H,5-8H2,(H2,24,25,26,27). The SMILES string of the molecule is Fc1cncc(Nc2nc(Nc3ccn4ccnc4c3)cc(N3CCOCC3)n2)c1. The third-order valence-corrected chi connectivity index (χ3v) is 4.68. The van der Waals surface area contributed by atoms with E-state index in [4.69, 9.17) is 4.74 Å². The summed E-state index contributed by atoms with van der Waals surface area (Å²) in [6, 6.07) is 7.10. The molecule has 4 aromatic rings. The predicted molar refractivity (Wildman–Crippen MR) is 111 cm³/mol. The molecule has 0 amide bonds. The highest BCUT2D eigenvalue weighted by Crippen LogP contribution is 2.24. The number of nitrogens with zero attached hydrogens (tertiary/aromatic N) is 6. The van der Waals surface area contributed by atoms with Gasteiger partial charge in [-0.05, 0) is 6.07 Å². The van der Waals surface area contributed by atoms with Gasteiger partial charge in [-0.15, -0.1) is 0 Å². The molecular weight excluding hydrogens is 387 g/mol. The van der Waals surface area contributed by atoms with Gasteiger partial charge in [0.25, 0.3) is 0 Å². The highest BCUT2D eigenvalue weighted by molar-refractivity contribution is 5.66. The summed E-state index contributed by atoms with van der Waals surface area (Å²) in [7, 11) is 0. The zero-order valence-electron chi connectivity index (χ0n) is 16.0. The number of morpholine rings is 1. The Morgan fingerprint density at radius 1 is 0.967 bits per heavy atom. The normalized spacial score (nSPS) is 14.1. The van der Waals surface area contributed by atoms with Gasteiger partial charge >= 0.3 is 0 Å². The molecule has 152 valence electrons. The average Bonchev–Trinajstić information content (AvgIpc) is 3.22. The number of nitrogens with one attached hydrogen (secondary N) is 2. The fraction of sp³-hybridized carbons (Fsp3) is 0.200. The molecule has 1 aliphatic rings. The Kier molecular flexibility index (Phi) is 4.81. The van der Waals surface area contributed by atoms with Crippen LogP contribution >= 0.6 is 0 Å². The van der Waals surface area contributed by atoms with Gasteiger partial charge in [0.2, 0.25) is 5.95 Å². The van der Waals surface area contributed by atoms with Crippen LogP contribution in [0.5, 0.6) is 0 Å². The zero-order valence-corrected chi connectivity index (χ0v) is 16.0. The Hall–Kier alpha value is -3.79. The molecule has 0 aromatic carbocycles. The number of aromatic nitrogens is 5. The third kappa shape index (κ3) is 3.98. The van der Waals surface area contributed by atoms with Crippen LogP contribution in [0.1, 0.15) is 0 Å². The van der Waals surface area contributed by atoms with E-state index >= 15 is 0 Å². The monoisotopic (exact) mass is 406 g/mol. The quantitative estimate of drug-likeness (QED) is 0.523. The van der Waals surface area contributed by atoms with Crippen molar-refractivity contribution < 1.29 is 9.13 Å². The van der Waals surface area contributed by atoms with Crippen LogP contribution in [-0.4, -0.2) is 50.6 Å². The number of imidazole rings is 1. The van der Waals surface area contributed by atoms with E-state index in [9.17, 15) is 4.39 Å². The van der Waals surface area contributed by atoms with Gasteiger partial charge in [0.15, 0.2) is 0 Å². The number of fused-ring (bicyclic) bond motifs is 1. The molecule has 30 heavy (non-hydrogen) atoms. The lowest BCUT2D eigenvalue weighted by atomic mass is 10.3. The van der Waals surface area contributed by atoms with Gasteiger partial charge in [-0.25, -0.2) is 9.37 Å². The van der Waals surface area contributed by atoms with Crippen LogP contribution in [0.4, 0.5) is 33.3 Å². The Morgan fingerprint density at radius 2 is 1.87 bits per heavy atom. The van der Waals surface area contributed by atoms with Gasteiger partial charge in [-0.1, -0.05) is 0 Å². The fourth-order valence-electron chi connectivity index (χ4n) is 3.25. The van der Waals surface area contributed by atoms with Crippen molar-refractivity contribution in [3.8, 4) is 0 Å². The second-order valence-electron chi connectivity index (χ2n) is 6.78. The summed E-state index contributed by atoms with van der Waals surface area (Å²) >= 11 is 0. The second kappa shape index (κ2) is 7.91.